The summed E-state index contributed by atoms with van der Waals surface area (Å²) in [6.45, 7) is 13.9. The smallest absolute Gasteiger partial charge is 0.418 e. The Morgan fingerprint density at radius 3 is 2.50 bits per heavy atom. The van der Waals surface area contributed by atoms with Gasteiger partial charge in [0.15, 0.2) is 11.0 Å². The van der Waals surface area contributed by atoms with E-state index >= 15 is 4.39 Å². The van der Waals surface area contributed by atoms with Gasteiger partial charge in [0.2, 0.25) is 0 Å². The van der Waals surface area contributed by atoms with Gasteiger partial charge in [0.05, 0.1) is 18.2 Å². The number of amidine groups is 1. The Morgan fingerprint density at radius 2 is 1.91 bits per heavy atom. The molecule has 1 aromatic heterocycles. The second-order valence-electron chi connectivity index (χ2n) is 14.0. The van der Waals surface area contributed by atoms with Gasteiger partial charge in [-0.2, -0.15) is 5.26 Å². The Kier molecular flexibility index (Phi) is 10.2. The number of thioether (sulfide) groups is 1. The van der Waals surface area contributed by atoms with Crippen LogP contribution in [0, 0.1) is 23.1 Å². The van der Waals surface area contributed by atoms with E-state index in [1.165, 1.54) is 42.5 Å². The van der Waals surface area contributed by atoms with E-state index < -0.39 is 47.8 Å². The van der Waals surface area contributed by atoms with Crippen molar-refractivity contribution in [2.45, 2.75) is 82.1 Å². The SMILES string of the molecule is COC(=O)[C@]12C[C@H]1[C@@](C)(c1cc(CC(=O)c3ccc(C#N)cn3)ccc1F)N=C(N(COCC[Si](C)(C)C)C(=O)OC(C)(C)C)S2. The molecule has 4 rings (SSSR count). The van der Waals surface area contributed by atoms with Crippen molar-refractivity contribution in [3.63, 3.8) is 0 Å². The van der Waals surface area contributed by atoms with Gasteiger partial charge in [-0.25, -0.2) is 14.1 Å². The molecule has 1 aliphatic heterocycles. The zero-order chi connectivity index (χ0) is 34.1. The highest BCUT2D eigenvalue weighted by molar-refractivity contribution is 8.15. The minimum absolute atomic E-state index is 0.0741. The number of halogens is 1. The van der Waals surface area contributed by atoms with E-state index in [1.807, 2.05) is 6.07 Å². The summed E-state index contributed by atoms with van der Waals surface area (Å²) in [7, 11) is -0.129. The molecule has 1 saturated carbocycles. The second-order valence-corrected chi connectivity index (χ2v) is 20.9. The van der Waals surface area contributed by atoms with Gasteiger partial charge in [-0.1, -0.05) is 37.5 Å². The van der Waals surface area contributed by atoms with Crippen molar-refractivity contribution in [1.82, 2.24) is 9.88 Å². The van der Waals surface area contributed by atoms with Crippen LogP contribution in [0.4, 0.5) is 9.18 Å². The number of amides is 1. The summed E-state index contributed by atoms with van der Waals surface area (Å²) in [6.07, 6.45) is 0.882. The number of methoxy groups -OCH3 is 1. The third-order valence-corrected chi connectivity index (χ3v) is 11.1. The number of hydrogen-bond acceptors (Lipinski definition) is 10. The number of hydrogen-bond donors (Lipinski definition) is 0. The summed E-state index contributed by atoms with van der Waals surface area (Å²) in [5.74, 6) is -1.82. The fourth-order valence-electron chi connectivity index (χ4n) is 5.28. The predicted molar refractivity (Wildman–Crippen MR) is 176 cm³/mol. The van der Waals surface area contributed by atoms with E-state index in [-0.39, 0.29) is 35.4 Å². The van der Waals surface area contributed by atoms with Crippen LogP contribution in [0.3, 0.4) is 0 Å². The third kappa shape index (κ3) is 7.85. The molecule has 0 radical (unpaired) electrons. The number of aromatic nitrogens is 1. The van der Waals surface area contributed by atoms with Crippen LogP contribution in [-0.2, 0) is 31.0 Å². The van der Waals surface area contributed by atoms with E-state index in [2.05, 4.69) is 24.6 Å². The number of nitriles is 1. The first-order valence-electron chi connectivity index (χ1n) is 15.1. The van der Waals surface area contributed by atoms with Crippen molar-refractivity contribution < 1.29 is 33.0 Å². The zero-order valence-electron chi connectivity index (χ0n) is 27.6. The van der Waals surface area contributed by atoms with Gasteiger partial charge < -0.3 is 14.2 Å². The molecule has 2 aromatic rings. The molecule has 0 spiro atoms. The number of fused-ring (bicyclic) bond motifs is 1. The number of rotatable bonds is 10. The molecule has 3 atom stereocenters. The molecule has 0 saturated heterocycles. The van der Waals surface area contributed by atoms with Crippen LogP contribution in [0.25, 0.3) is 0 Å². The number of carbonyl (C=O) groups excluding carboxylic acids is 3. The maximum Gasteiger partial charge on any atom is 0.418 e. The van der Waals surface area contributed by atoms with Crippen molar-refractivity contribution in [2.24, 2.45) is 10.9 Å². The molecule has 1 aromatic carbocycles. The van der Waals surface area contributed by atoms with Gasteiger partial charge in [-0.05, 0) is 70.0 Å². The standard InChI is InChI=1S/C33H41FN4O6SSi/c1-31(2,3)44-30(41)38(20-43-13-14-46(6,7)8)29-37-32(4,27-17-33(27,45-29)28(40)42-5)23-15-21(9-11-24(23)34)16-26(39)25-12-10-22(18-35)19-36-25/h9-12,15,19,27H,13-14,16-17,20H2,1-8H3/t27-,32+,33-/m0/s1. The van der Waals surface area contributed by atoms with E-state index in [9.17, 15) is 14.4 Å². The van der Waals surface area contributed by atoms with Gasteiger partial charge in [0, 0.05) is 38.8 Å². The normalized spacial score (nSPS) is 22.2. The zero-order valence-corrected chi connectivity index (χ0v) is 29.4. The lowest BCUT2D eigenvalue weighted by Crippen LogP contribution is -2.47. The van der Waals surface area contributed by atoms with Crippen molar-refractivity contribution in [1.29, 1.82) is 5.26 Å². The van der Waals surface area contributed by atoms with E-state index in [4.69, 9.17) is 24.5 Å². The van der Waals surface area contributed by atoms with Crippen LogP contribution in [0.15, 0.2) is 41.5 Å². The van der Waals surface area contributed by atoms with Crippen LogP contribution in [0.5, 0.6) is 0 Å². The highest BCUT2D eigenvalue weighted by Crippen LogP contribution is 2.67. The van der Waals surface area contributed by atoms with Crippen molar-refractivity contribution in [3.8, 4) is 6.07 Å². The average Bonchev–Trinajstić information content (AvgIpc) is 3.73. The summed E-state index contributed by atoms with van der Waals surface area (Å²) in [6, 6.07) is 10.2. The Labute approximate surface area is 274 Å². The number of esters is 1. The fraction of sp³-hybridized carbons (Fsp3) is 0.515. The number of benzene rings is 1. The lowest BCUT2D eigenvalue weighted by Gasteiger charge is -2.37. The molecule has 0 N–H and O–H groups in total. The molecular formula is C33H41FN4O6SSi. The number of ketones is 1. The number of pyridine rings is 1. The average molecular weight is 669 g/mol. The van der Waals surface area contributed by atoms with Gasteiger partial charge in [-0.15, -0.1) is 0 Å². The first-order valence-corrected chi connectivity index (χ1v) is 19.6. The van der Waals surface area contributed by atoms with E-state index in [0.717, 1.165) is 17.8 Å². The third-order valence-electron chi connectivity index (χ3n) is 7.90. The molecule has 46 heavy (non-hydrogen) atoms. The minimum Gasteiger partial charge on any atom is -0.468 e. The number of nitrogens with zero attached hydrogens (tertiary/aromatic N) is 4. The van der Waals surface area contributed by atoms with Crippen LogP contribution >= 0.6 is 11.8 Å². The van der Waals surface area contributed by atoms with Crippen LogP contribution < -0.4 is 0 Å². The lowest BCUT2D eigenvalue weighted by molar-refractivity contribution is -0.141. The van der Waals surface area contributed by atoms with Crippen LogP contribution in [0.2, 0.25) is 25.7 Å². The Balaban J connectivity index is 1.73. The molecular weight excluding hydrogens is 628 g/mol. The topological polar surface area (TPSA) is 131 Å². The maximum atomic E-state index is 15.8. The first-order chi connectivity index (χ1) is 21.4. The highest BCUT2D eigenvalue weighted by atomic mass is 32.2. The van der Waals surface area contributed by atoms with Gasteiger partial charge in [-0.3, -0.25) is 19.6 Å². The largest absolute Gasteiger partial charge is 0.468 e. The molecule has 0 unspecified atom stereocenters. The Bertz CT molecular complexity index is 1580. The number of aliphatic imine (C=N–C) groups is 1. The summed E-state index contributed by atoms with van der Waals surface area (Å²) < 4.78 is 31.5. The number of Topliss-reactive ketones (excluding diaryl/α,β-unsaturated/α-hetero) is 1. The monoisotopic (exact) mass is 668 g/mol. The lowest BCUT2D eigenvalue weighted by atomic mass is 9.84. The predicted octanol–water partition coefficient (Wildman–Crippen LogP) is 6.32. The van der Waals surface area contributed by atoms with Crippen molar-refractivity contribution in [2.75, 3.05) is 20.4 Å². The molecule has 2 heterocycles. The first kappa shape index (κ1) is 35.3. The van der Waals surface area contributed by atoms with Gasteiger partial charge in [0.1, 0.15) is 34.7 Å². The van der Waals surface area contributed by atoms with Gasteiger partial charge >= 0.3 is 12.1 Å². The summed E-state index contributed by atoms with van der Waals surface area (Å²) >= 11 is 1.11. The molecule has 1 fully saturated rings. The molecule has 13 heteroatoms. The molecule has 246 valence electrons. The highest BCUT2D eigenvalue weighted by Gasteiger charge is 2.72. The van der Waals surface area contributed by atoms with Crippen molar-refractivity contribution >= 4 is 42.8 Å². The molecule has 10 nitrogen and oxygen atoms in total. The van der Waals surface area contributed by atoms with E-state index in [1.54, 1.807) is 33.8 Å². The van der Waals surface area contributed by atoms with Crippen LogP contribution in [-0.4, -0.2) is 71.8 Å². The van der Waals surface area contributed by atoms with Crippen LogP contribution in [0.1, 0.15) is 61.3 Å². The quantitative estimate of drug-likeness (QED) is 0.0939. The summed E-state index contributed by atoms with van der Waals surface area (Å²) in [5.41, 5.74) is -0.911. The number of ether oxygens (including phenoxy) is 3. The molecule has 1 aliphatic carbocycles. The summed E-state index contributed by atoms with van der Waals surface area (Å²) in [4.78, 5) is 50.2. The molecule has 1 amide bonds. The minimum atomic E-state index is -1.43. The molecule has 0 bridgehead atoms. The Morgan fingerprint density at radius 1 is 1.20 bits per heavy atom. The van der Waals surface area contributed by atoms with Gasteiger partial charge in [0.25, 0.3) is 0 Å². The van der Waals surface area contributed by atoms with Crippen molar-refractivity contribution in [3.05, 3.63) is 64.7 Å². The number of carbonyl (C=O) groups is 3. The van der Waals surface area contributed by atoms with E-state index in [0.29, 0.717) is 24.2 Å². The summed E-state index contributed by atoms with van der Waals surface area (Å²) in [5, 5.41) is 9.19. The Hall–Kier alpha value is -3.60. The second kappa shape index (κ2) is 13.3. The fourth-order valence-corrected chi connectivity index (χ4v) is 7.63. The molecule has 2 aliphatic rings. The maximum absolute atomic E-state index is 15.8.